The fourth-order valence-corrected chi connectivity index (χ4v) is 3.98. The summed E-state index contributed by atoms with van der Waals surface area (Å²) in [6.07, 6.45) is 0.777. The first-order valence-electron chi connectivity index (χ1n) is 9.88. The average Bonchev–Trinajstić information content (AvgIpc) is 2.96. The Morgan fingerprint density at radius 1 is 1.26 bits per heavy atom. The van der Waals surface area contributed by atoms with Crippen LogP contribution in [0.25, 0.3) is 5.69 Å². The predicted octanol–water partition coefficient (Wildman–Crippen LogP) is 2.39. The van der Waals surface area contributed by atoms with Gasteiger partial charge >= 0.3 is 0 Å². The lowest BCUT2D eigenvalue weighted by Crippen LogP contribution is -3.14. The normalized spacial score (nSPS) is 15.6. The van der Waals surface area contributed by atoms with E-state index < -0.39 is 0 Å². The molecule has 1 amide bonds. The predicted molar refractivity (Wildman–Crippen MR) is 109 cm³/mol. The highest BCUT2D eigenvalue weighted by Gasteiger charge is 2.29. The van der Waals surface area contributed by atoms with E-state index in [1.165, 1.54) is 0 Å². The van der Waals surface area contributed by atoms with E-state index in [1.807, 2.05) is 40.8 Å². The number of hydrogen-bond donors (Lipinski definition) is 1. The van der Waals surface area contributed by atoms with Crippen molar-refractivity contribution in [1.29, 1.82) is 0 Å². The van der Waals surface area contributed by atoms with Crippen molar-refractivity contribution in [3.63, 3.8) is 0 Å². The molecule has 0 radical (unpaired) electrons. The van der Waals surface area contributed by atoms with Crippen LogP contribution in [0, 0.1) is 12.8 Å². The van der Waals surface area contributed by atoms with Gasteiger partial charge in [0.2, 0.25) is 0 Å². The Bertz CT molecular complexity index is 807. The van der Waals surface area contributed by atoms with Crippen molar-refractivity contribution in [1.82, 2.24) is 14.7 Å². The molecule has 6 heteroatoms. The first-order chi connectivity index (χ1) is 12.9. The fourth-order valence-electron chi connectivity index (χ4n) is 3.76. The molecule has 0 saturated carbocycles. The number of nitrogens with zero attached hydrogens (tertiary/aromatic N) is 3. The van der Waals surface area contributed by atoms with Crippen molar-refractivity contribution >= 4 is 17.5 Å². The van der Waals surface area contributed by atoms with Crippen molar-refractivity contribution < 1.29 is 9.69 Å². The molecule has 1 aromatic carbocycles. The van der Waals surface area contributed by atoms with Crippen LogP contribution in [0.5, 0.6) is 0 Å². The lowest BCUT2D eigenvalue weighted by atomic mass is 10.0. The highest BCUT2D eigenvalue weighted by Crippen LogP contribution is 2.26. The maximum Gasteiger partial charge on any atom is 0.258 e. The lowest BCUT2D eigenvalue weighted by Gasteiger charge is -2.31. The summed E-state index contributed by atoms with van der Waals surface area (Å²) < 4.78 is 1.83. The van der Waals surface area contributed by atoms with E-state index in [9.17, 15) is 4.79 Å². The summed E-state index contributed by atoms with van der Waals surface area (Å²) in [5.74, 6) is 0.531. The second kappa shape index (κ2) is 8.44. The Kier molecular flexibility index (Phi) is 6.22. The van der Waals surface area contributed by atoms with Crippen LogP contribution in [-0.2, 0) is 6.42 Å². The van der Waals surface area contributed by atoms with Crippen LogP contribution in [-0.4, -0.2) is 53.3 Å². The van der Waals surface area contributed by atoms with Crippen LogP contribution in [0.1, 0.15) is 42.5 Å². The van der Waals surface area contributed by atoms with Gasteiger partial charge in [0.1, 0.15) is 0 Å². The first-order valence-corrected chi connectivity index (χ1v) is 10.3. The molecule has 0 atom stereocenters. The van der Waals surface area contributed by atoms with Crippen molar-refractivity contribution in [2.75, 3.05) is 32.7 Å². The molecule has 146 valence electrons. The highest BCUT2D eigenvalue weighted by atomic mass is 35.5. The van der Waals surface area contributed by atoms with Gasteiger partial charge in [-0.3, -0.25) is 4.79 Å². The Morgan fingerprint density at radius 2 is 1.93 bits per heavy atom. The zero-order valence-corrected chi connectivity index (χ0v) is 17.5. The van der Waals surface area contributed by atoms with Crippen LogP contribution in [0.2, 0.25) is 5.02 Å². The summed E-state index contributed by atoms with van der Waals surface area (Å²) in [4.78, 5) is 16.9. The monoisotopic (exact) mass is 389 g/mol. The minimum atomic E-state index is 0.108. The fraction of sp³-hybridized carbons (Fsp3) is 0.524. The molecular weight excluding hydrogens is 360 g/mol. The Balaban J connectivity index is 1.98. The number of amides is 1. The van der Waals surface area contributed by atoms with Crippen LogP contribution >= 0.6 is 11.6 Å². The molecule has 1 aliphatic rings. The number of carbonyl (C=O) groups is 1. The Hall–Kier alpha value is -1.85. The second-order valence-electron chi connectivity index (χ2n) is 7.76. The van der Waals surface area contributed by atoms with Crippen molar-refractivity contribution in [3.05, 3.63) is 46.2 Å². The summed E-state index contributed by atoms with van der Waals surface area (Å²) in [7, 11) is 0. The molecule has 0 aliphatic carbocycles. The van der Waals surface area contributed by atoms with Gasteiger partial charge in [0.25, 0.3) is 5.91 Å². The molecule has 2 heterocycles. The topological polar surface area (TPSA) is 42.6 Å². The molecule has 3 rings (SSSR count). The zero-order chi connectivity index (χ0) is 19.6. The van der Waals surface area contributed by atoms with Gasteiger partial charge in [0.15, 0.2) is 0 Å². The molecule has 0 unspecified atom stereocenters. The Morgan fingerprint density at radius 3 is 2.52 bits per heavy atom. The van der Waals surface area contributed by atoms with Gasteiger partial charge in [0, 0.05) is 0 Å². The van der Waals surface area contributed by atoms with Gasteiger partial charge in [-0.25, -0.2) is 4.68 Å². The zero-order valence-electron chi connectivity index (χ0n) is 16.8. The molecule has 1 fully saturated rings. The molecule has 0 spiro atoms. The Labute approximate surface area is 166 Å². The van der Waals surface area contributed by atoms with Gasteiger partial charge < -0.3 is 9.80 Å². The molecule has 1 N–H and O–H groups in total. The highest BCUT2D eigenvalue weighted by molar-refractivity contribution is 6.32. The van der Waals surface area contributed by atoms with E-state index >= 15 is 0 Å². The van der Waals surface area contributed by atoms with Crippen molar-refractivity contribution in [2.24, 2.45) is 5.92 Å². The summed E-state index contributed by atoms with van der Waals surface area (Å²) >= 11 is 6.40. The SMILES string of the molecule is CC[NH+]1CCN(C(=O)c2c(CC(C)C)nn(-c3ccccc3Cl)c2C)CC1. The number of para-hydroxylation sites is 1. The van der Waals surface area contributed by atoms with Gasteiger partial charge in [-0.15, -0.1) is 0 Å². The number of aromatic nitrogens is 2. The maximum absolute atomic E-state index is 13.4. The van der Waals surface area contributed by atoms with Crippen LogP contribution in [0.3, 0.4) is 0 Å². The largest absolute Gasteiger partial charge is 0.332 e. The number of halogens is 1. The number of benzene rings is 1. The molecule has 0 bridgehead atoms. The van der Waals surface area contributed by atoms with Crippen molar-refractivity contribution in [2.45, 2.75) is 34.1 Å². The van der Waals surface area contributed by atoms with E-state index in [0.29, 0.717) is 10.9 Å². The number of piperazine rings is 1. The molecule has 1 saturated heterocycles. The number of carbonyl (C=O) groups excluding carboxylic acids is 1. The summed E-state index contributed by atoms with van der Waals surface area (Å²) in [6.45, 7) is 13.2. The average molecular weight is 390 g/mol. The second-order valence-corrected chi connectivity index (χ2v) is 8.17. The van der Waals surface area contributed by atoms with Crippen LogP contribution < -0.4 is 4.90 Å². The first kappa shape index (κ1) is 19.9. The van der Waals surface area contributed by atoms with Gasteiger partial charge in [-0.05, 0) is 38.3 Å². The van der Waals surface area contributed by atoms with Crippen LogP contribution in [0.15, 0.2) is 24.3 Å². The standard InChI is InChI=1S/C21H29ClN4O/c1-5-24-10-12-25(13-11-24)21(27)20-16(4)26(23-18(20)14-15(2)3)19-9-7-6-8-17(19)22/h6-9,15H,5,10-14H2,1-4H3/p+1. The summed E-state index contributed by atoms with van der Waals surface area (Å²) in [5, 5.41) is 5.44. The lowest BCUT2D eigenvalue weighted by molar-refractivity contribution is -0.902. The molecule has 27 heavy (non-hydrogen) atoms. The van der Waals surface area contributed by atoms with E-state index in [-0.39, 0.29) is 5.91 Å². The minimum Gasteiger partial charge on any atom is -0.332 e. The van der Waals surface area contributed by atoms with E-state index in [0.717, 1.165) is 61.8 Å². The minimum absolute atomic E-state index is 0.108. The number of nitrogens with one attached hydrogen (secondary N) is 1. The summed E-state index contributed by atoms with van der Waals surface area (Å²) in [5.41, 5.74) is 3.32. The van der Waals surface area contributed by atoms with Gasteiger partial charge in [0.05, 0.1) is 60.4 Å². The van der Waals surface area contributed by atoms with E-state index in [4.69, 9.17) is 16.7 Å². The number of hydrogen-bond acceptors (Lipinski definition) is 2. The third-order valence-electron chi connectivity index (χ3n) is 5.34. The number of rotatable bonds is 5. The smallest absolute Gasteiger partial charge is 0.258 e. The van der Waals surface area contributed by atoms with Crippen LogP contribution in [0.4, 0.5) is 0 Å². The molecule has 1 aliphatic heterocycles. The quantitative estimate of drug-likeness (QED) is 0.853. The molecule has 5 nitrogen and oxygen atoms in total. The third kappa shape index (κ3) is 4.19. The summed E-state index contributed by atoms with van der Waals surface area (Å²) in [6, 6.07) is 7.65. The van der Waals surface area contributed by atoms with Gasteiger partial charge in [-0.2, -0.15) is 5.10 Å². The molecular formula is C21H30ClN4O+. The third-order valence-corrected chi connectivity index (χ3v) is 5.66. The van der Waals surface area contributed by atoms with E-state index in [1.54, 1.807) is 4.90 Å². The number of likely N-dealkylation sites (N-methyl/N-ethyl adjacent to an activating group) is 1. The number of quaternary nitrogens is 1. The molecule has 2 aromatic rings. The molecule has 1 aromatic heterocycles. The maximum atomic E-state index is 13.4. The van der Waals surface area contributed by atoms with E-state index in [2.05, 4.69) is 20.8 Å². The van der Waals surface area contributed by atoms with Crippen molar-refractivity contribution in [3.8, 4) is 5.69 Å². The van der Waals surface area contributed by atoms with Gasteiger partial charge in [-0.1, -0.05) is 37.6 Å².